The minimum absolute atomic E-state index is 0.590. The molecule has 10 aromatic carbocycles. The van der Waals surface area contributed by atoms with E-state index >= 15 is 0 Å². The Morgan fingerprint density at radius 1 is 0.485 bits per heavy atom. The van der Waals surface area contributed by atoms with Gasteiger partial charge in [-0.05, 0) is 70.2 Å². The Bertz CT molecular complexity index is 3020. The normalized spacial score (nSPS) is 12.1. The average Bonchev–Trinajstić information content (AvgIpc) is 4.13. The van der Waals surface area contributed by atoms with Gasteiger partial charge in [-0.2, -0.15) is 41.6 Å². The van der Waals surface area contributed by atoms with E-state index in [0.717, 1.165) is 9.52 Å². The molecule has 1 aliphatic heterocycles. The fraction of sp³-hybridized carbons (Fsp3) is 0.156. The monoisotopic (exact) mass is 1010 g/mol. The molecule has 0 saturated heterocycles. The molecule has 4 heteroatoms. The van der Waals surface area contributed by atoms with E-state index in [1.807, 2.05) is 6.07 Å². The number of hydrogen-bond donors (Lipinski definition) is 0. The summed E-state index contributed by atoms with van der Waals surface area (Å²) in [5.41, 5.74) is 18.9. The number of fused-ring (bicyclic) bond motifs is 5. The number of aryl methyl sites for hydroxylation is 2. The number of hydrogen-bond acceptors (Lipinski definition) is 0. The molecule has 2 radical (unpaired) electrons. The van der Waals surface area contributed by atoms with Crippen molar-refractivity contribution in [2.24, 2.45) is 0 Å². The van der Waals surface area contributed by atoms with Crippen LogP contribution in [0.5, 0.6) is 0 Å². The summed E-state index contributed by atoms with van der Waals surface area (Å²) >= 11 is -0.826. The Kier molecular flexibility index (Phi) is 16.8. The molecule has 2 unspecified atom stereocenters. The van der Waals surface area contributed by atoms with Gasteiger partial charge in [0.1, 0.15) is 0 Å². The Morgan fingerprint density at radius 2 is 0.897 bits per heavy atom. The van der Waals surface area contributed by atoms with Gasteiger partial charge in [0.05, 0.1) is 9.52 Å². The van der Waals surface area contributed by atoms with Crippen LogP contribution >= 0.6 is 17.0 Å². The number of rotatable bonds is 8. The summed E-state index contributed by atoms with van der Waals surface area (Å²) in [6.07, 6.45) is 2.34. The van der Waals surface area contributed by atoms with Gasteiger partial charge in [0, 0.05) is 0 Å². The predicted molar refractivity (Wildman–Crippen MR) is 295 cm³/mol. The van der Waals surface area contributed by atoms with Crippen LogP contribution in [0.1, 0.15) is 74.6 Å². The number of halogens is 2. The SMILES string of the molecule is CCC(C)c1cc2c(-c3ccccc3C)c(-c3ccccc3)ccc2[cH-]1.CCC(C)c1cc2c(-c3ccccc3C)c(-c3ccccc3)ccc2[cH-]1.[Cl][Zr][Cl].[c-]1cccc2c1[Si]c1ccccc1-2. The maximum absolute atomic E-state index is 4.93. The standard InChI is InChI=1S/2C26H25.C12H7Si.2ClH.Zr/c2*1-4-18(2)22-16-21-14-15-24(20-11-6-5-7-12-20)26(25(21)17-22)23-13-9-8-10-19(23)3;1-3-7-11-9(5-1)10-6-2-4-8-12(10)13-11;;;/h2*5-18H,4H2,1-3H3;1-7H;2*1H;/q3*-1;;;+2/p-2. The second kappa shape index (κ2) is 23.3. The van der Waals surface area contributed by atoms with Crippen LogP contribution in [0.15, 0.2) is 200 Å². The maximum atomic E-state index is 4.93. The Labute approximate surface area is 426 Å². The van der Waals surface area contributed by atoms with Gasteiger partial charge in [0.2, 0.25) is 0 Å². The molecular weight excluding hydrogens is 959 g/mol. The van der Waals surface area contributed by atoms with Crippen molar-refractivity contribution in [3.63, 3.8) is 0 Å². The summed E-state index contributed by atoms with van der Waals surface area (Å²) < 4.78 is 0. The van der Waals surface area contributed by atoms with Crippen molar-refractivity contribution in [1.82, 2.24) is 0 Å². The van der Waals surface area contributed by atoms with Gasteiger partial charge in [0.15, 0.2) is 0 Å². The largest absolute Gasteiger partial charge is 0.184 e. The minimum atomic E-state index is -0.826. The van der Waals surface area contributed by atoms with Gasteiger partial charge in [-0.3, -0.25) is 0 Å². The molecule has 1 heterocycles. The third-order valence-corrected chi connectivity index (χ3v) is 14.9. The number of benzene rings is 8. The van der Waals surface area contributed by atoms with E-state index in [4.69, 9.17) is 17.0 Å². The fourth-order valence-electron chi connectivity index (χ4n) is 9.38. The van der Waals surface area contributed by atoms with E-state index in [1.54, 1.807) is 0 Å². The summed E-state index contributed by atoms with van der Waals surface area (Å²) in [7, 11) is 10.7. The minimum Gasteiger partial charge on any atom is -0.184 e. The van der Waals surface area contributed by atoms with Gasteiger partial charge < -0.3 is 0 Å². The predicted octanol–water partition coefficient (Wildman–Crippen LogP) is 17.9. The molecule has 0 aliphatic carbocycles. The summed E-state index contributed by atoms with van der Waals surface area (Å²) in [6, 6.07) is 75.9. The molecule has 10 aromatic rings. The molecule has 0 spiro atoms. The van der Waals surface area contributed by atoms with Crippen LogP contribution < -0.4 is 10.4 Å². The van der Waals surface area contributed by atoms with Crippen molar-refractivity contribution in [3.8, 4) is 55.6 Å². The Morgan fingerprint density at radius 3 is 1.35 bits per heavy atom. The first-order valence-electron chi connectivity index (χ1n) is 23.8. The molecule has 68 heavy (non-hydrogen) atoms. The molecule has 0 N–H and O–H groups in total. The molecule has 0 nitrogen and oxygen atoms in total. The first-order valence-corrected chi connectivity index (χ1v) is 31.1. The van der Waals surface area contributed by atoms with Crippen molar-refractivity contribution < 1.29 is 20.8 Å². The maximum Gasteiger partial charge on any atom is 0.0920 e. The summed E-state index contributed by atoms with van der Waals surface area (Å²) in [5, 5.41) is 8.26. The summed E-state index contributed by atoms with van der Waals surface area (Å²) in [6.45, 7) is 13.6. The molecule has 0 fully saturated rings. The van der Waals surface area contributed by atoms with E-state index in [1.165, 1.54) is 123 Å². The molecular formula is C64H57Cl2SiZr-3. The van der Waals surface area contributed by atoms with Crippen LogP contribution in [0.4, 0.5) is 0 Å². The zero-order chi connectivity index (χ0) is 47.6. The Balaban J connectivity index is 0.000000140. The average molecular weight is 1020 g/mol. The molecule has 0 saturated carbocycles. The van der Waals surface area contributed by atoms with Crippen molar-refractivity contribution in [2.45, 2.75) is 66.2 Å². The van der Waals surface area contributed by atoms with Crippen LogP contribution in [-0.2, 0) is 20.8 Å². The molecule has 0 amide bonds. The molecule has 1 aliphatic rings. The van der Waals surface area contributed by atoms with Crippen LogP contribution in [0.25, 0.3) is 77.2 Å². The zero-order valence-corrected chi connectivity index (χ0v) is 44.8. The van der Waals surface area contributed by atoms with Crippen LogP contribution in [-0.4, -0.2) is 9.52 Å². The van der Waals surface area contributed by atoms with Gasteiger partial charge in [-0.15, -0.1) is 62.5 Å². The van der Waals surface area contributed by atoms with Crippen molar-refractivity contribution >= 4 is 58.5 Å². The van der Waals surface area contributed by atoms with Gasteiger partial charge in [-0.25, -0.2) is 0 Å². The van der Waals surface area contributed by atoms with E-state index in [9.17, 15) is 0 Å². The van der Waals surface area contributed by atoms with Crippen LogP contribution in [0.2, 0.25) is 0 Å². The molecule has 0 aromatic heterocycles. The third kappa shape index (κ3) is 10.9. The second-order valence-electron chi connectivity index (χ2n) is 17.7. The fourth-order valence-corrected chi connectivity index (χ4v) is 10.7. The van der Waals surface area contributed by atoms with Crippen molar-refractivity contribution in [1.29, 1.82) is 0 Å². The molecule has 0 bridgehead atoms. The molecule has 2 atom stereocenters. The quantitative estimate of drug-likeness (QED) is 0.105. The van der Waals surface area contributed by atoms with Gasteiger partial charge in [-0.1, -0.05) is 208 Å². The summed E-state index contributed by atoms with van der Waals surface area (Å²) in [4.78, 5) is 0. The smallest absolute Gasteiger partial charge is 0.0920 e. The van der Waals surface area contributed by atoms with Crippen LogP contribution in [0.3, 0.4) is 0 Å². The first-order chi connectivity index (χ1) is 33.2. The molecule has 338 valence electrons. The first kappa shape index (κ1) is 49.1. The second-order valence-corrected chi connectivity index (χ2v) is 22.8. The summed E-state index contributed by atoms with van der Waals surface area (Å²) in [5.74, 6) is 1.18. The molecule has 11 rings (SSSR count). The van der Waals surface area contributed by atoms with Gasteiger partial charge >= 0.3 is 37.9 Å². The van der Waals surface area contributed by atoms with Crippen LogP contribution in [0, 0.1) is 19.9 Å². The van der Waals surface area contributed by atoms with E-state index in [0.29, 0.717) is 11.8 Å². The Hall–Kier alpha value is -5.34. The van der Waals surface area contributed by atoms with Gasteiger partial charge in [0.25, 0.3) is 0 Å². The topological polar surface area (TPSA) is 0 Å². The van der Waals surface area contributed by atoms with E-state index < -0.39 is 20.8 Å². The van der Waals surface area contributed by atoms with Crippen molar-refractivity contribution in [3.05, 3.63) is 229 Å². The van der Waals surface area contributed by atoms with E-state index in [-0.39, 0.29) is 0 Å². The van der Waals surface area contributed by atoms with E-state index in [2.05, 4.69) is 242 Å². The van der Waals surface area contributed by atoms with Crippen molar-refractivity contribution in [2.75, 3.05) is 0 Å². The zero-order valence-electron chi connectivity index (χ0n) is 39.9. The third-order valence-electron chi connectivity index (χ3n) is 13.5.